The van der Waals surface area contributed by atoms with E-state index < -0.39 is 23.6 Å². The van der Waals surface area contributed by atoms with Crippen molar-refractivity contribution in [2.75, 3.05) is 31.2 Å². The molecule has 0 saturated carbocycles. The number of aromatic nitrogens is 3. The first-order chi connectivity index (χ1) is 20.9. The standard InChI is InChI=1S/C31H29ClN6O5/c32-25-20-22(37-13-15-41-16-14-37)8-9-23(25)26-10-12-38(36-26)28-24(7-4-11-34-28)29(39)35-27(19-21-5-2-1-3-6-21)31(30(33)40)42-17-18-43-31/h1-12,17-18,20,27H,13-16,19H2,(H2,33,40)(H,35,39). The summed E-state index contributed by atoms with van der Waals surface area (Å²) in [6.45, 7) is 2.96. The molecule has 1 atom stereocenters. The number of benzene rings is 2. The number of nitrogens with zero attached hydrogens (tertiary/aromatic N) is 4. The van der Waals surface area contributed by atoms with E-state index in [0.29, 0.717) is 23.9 Å². The van der Waals surface area contributed by atoms with Crippen LogP contribution in [0.2, 0.25) is 5.02 Å². The predicted molar refractivity (Wildman–Crippen MR) is 159 cm³/mol. The average Bonchev–Trinajstić information content (AvgIpc) is 3.73. The summed E-state index contributed by atoms with van der Waals surface area (Å²) < 4.78 is 18.1. The normalized spacial score (nSPS) is 16.3. The third-order valence-corrected chi connectivity index (χ3v) is 7.69. The van der Waals surface area contributed by atoms with Gasteiger partial charge in [0.15, 0.2) is 5.82 Å². The van der Waals surface area contributed by atoms with Gasteiger partial charge in [-0.05, 0) is 42.0 Å². The molecule has 2 aromatic heterocycles. The van der Waals surface area contributed by atoms with Gasteiger partial charge in [-0.2, -0.15) is 5.10 Å². The number of morpholine rings is 1. The zero-order valence-electron chi connectivity index (χ0n) is 23.1. The Bertz CT molecular complexity index is 1650. The number of primary amides is 1. The Kier molecular flexibility index (Phi) is 7.99. The highest BCUT2D eigenvalue weighted by Gasteiger charge is 2.51. The molecular weight excluding hydrogens is 572 g/mol. The topological polar surface area (TPSA) is 134 Å². The van der Waals surface area contributed by atoms with Crippen molar-refractivity contribution in [1.29, 1.82) is 0 Å². The number of halogens is 1. The average molecular weight is 601 g/mol. The number of anilines is 1. The van der Waals surface area contributed by atoms with Crippen molar-refractivity contribution in [2.24, 2.45) is 5.73 Å². The van der Waals surface area contributed by atoms with Crippen LogP contribution in [0, 0.1) is 0 Å². The van der Waals surface area contributed by atoms with E-state index in [-0.39, 0.29) is 17.8 Å². The molecule has 0 aliphatic carbocycles. The Balaban J connectivity index is 1.27. The molecule has 4 aromatic rings. The lowest BCUT2D eigenvalue weighted by molar-refractivity contribution is -0.182. The lowest BCUT2D eigenvalue weighted by Gasteiger charge is -2.33. The maximum atomic E-state index is 13.8. The van der Waals surface area contributed by atoms with Gasteiger partial charge in [-0.25, -0.2) is 9.67 Å². The van der Waals surface area contributed by atoms with Crippen molar-refractivity contribution in [3.8, 4) is 17.1 Å². The molecule has 11 nitrogen and oxygen atoms in total. The van der Waals surface area contributed by atoms with E-state index in [4.69, 9.17) is 31.5 Å². The van der Waals surface area contributed by atoms with Gasteiger partial charge >= 0.3 is 11.7 Å². The fraction of sp³-hybridized carbons (Fsp3) is 0.226. The molecule has 1 saturated heterocycles. The summed E-state index contributed by atoms with van der Waals surface area (Å²) in [5, 5.41) is 8.14. The van der Waals surface area contributed by atoms with E-state index in [1.54, 1.807) is 30.6 Å². The minimum Gasteiger partial charge on any atom is -0.447 e. The van der Waals surface area contributed by atoms with Crippen LogP contribution < -0.4 is 16.0 Å². The van der Waals surface area contributed by atoms with Gasteiger partial charge in [0.25, 0.3) is 5.91 Å². The van der Waals surface area contributed by atoms with Crippen LogP contribution in [0.5, 0.6) is 0 Å². The highest BCUT2D eigenvalue weighted by molar-refractivity contribution is 6.33. The van der Waals surface area contributed by atoms with E-state index in [1.807, 2.05) is 48.5 Å². The second kappa shape index (κ2) is 12.2. The maximum absolute atomic E-state index is 13.8. The summed E-state index contributed by atoms with van der Waals surface area (Å²) in [6.07, 6.45) is 5.94. The number of carbonyl (C=O) groups is 2. The van der Waals surface area contributed by atoms with Crippen molar-refractivity contribution in [3.05, 3.63) is 108 Å². The SMILES string of the molecule is NC(=O)C1(C(Cc2ccccc2)NC(=O)c2cccnc2-n2ccc(-c3ccc(N4CCOCC4)cc3Cl)n2)OC=CO1. The van der Waals surface area contributed by atoms with Gasteiger partial charge in [-0.3, -0.25) is 9.59 Å². The number of nitrogens with one attached hydrogen (secondary N) is 1. The molecule has 2 aliphatic rings. The third kappa shape index (κ3) is 5.77. The van der Waals surface area contributed by atoms with Gasteiger partial charge in [-0.1, -0.05) is 41.9 Å². The van der Waals surface area contributed by atoms with Crippen LogP contribution in [-0.2, 0) is 25.4 Å². The summed E-state index contributed by atoms with van der Waals surface area (Å²) in [5.74, 6) is -3.03. The van der Waals surface area contributed by atoms with Crippen LogP contribution in [0.25, 0.3) is 17.1 Å². The van der Waals surface area contributed by atoms with Gasteiger partial charge in [-0.15, -0.1) is 0 Å². The number of nitrogens with two attached hydrogens (primary N) is 1. The van der Waals surface area contributed by atoms with Gasteiger partial charge in [0.2, 0.25) is 0 Å². The fourth-order valence-corrected chi connectivity index (χ4v) is 5.45. The molecule has 0 spiro atoms. The van der Waals surface area contributed by atoms with Gasteiger partial charge in [0.1, 0.15) is 18.6 Å². The predicted octanol–water partition coefficient (Wildman–Crippen LogP) is 3.47. The monoisotopic (exact) mass is 600 g/mol. The van der Waals surface area contributed by atoms with Crippen LogP contribution in [0.3, 0.4) is 0 Å². The summed E-state index contributed by atoms with van der Waals surface area (Å²) in [6, 6.07) is 19.3. The molecule has 4 heterocycles. The Morgan fingerprint density at radius 1 is 1.02 bits per heavy atom. The Morgan fingerprint density at radius 2 is 1.79 bits per heavy atom. The Morgan fingerprint density at radius 3 is 2.51 bits per heavy atom. The van der Waals surface area contributed by atoms with Crippen LogP contribution in [0.4, 0.5) is 5.69 Å². The minimum absolute atomic E-state index is 0.206. The first-order valence-corrected chi connectivity index (χ1v) is 14.1. The molecule has 1 unspecified atom stereocenters. The number of pyridine rings is 1. The molecule has 0 radical (unpaired) electrons. The molecular formula is C31H29ClN6O5. The van der Waals surface area contributed by atoms with Crippen LogP contribution in [0.1, 0.15) is 15.9 Å². The minimum atomic E-state index is -1.92. The van der Waals surface area contributed by atoms with E-state index in [2.05, 4.69) is 20.3 Å². The molecule has 3 N–H and O–H groups in total. The molecule has 6 rings (SSSR count). The second-order valence-corrected chi connectivity index (χ2v) is 10.4. The summed E-state index contributed by atoms with van der Waals surface area (Å²) in [4.78, 5) is 33.0. The summed E-state index contributed by atoms with van der Waals surface area (Å²) in [7, 11) is 0. The smallest absolute Gasteiger partial charge is 0.352 e. The Labute approximate surface area is 252 Å². The zero-order valence-corrected chi connectivity index (χ0v) is 23.8. The number of carbonyl (C=O) groups excluding carboxylic acids is 2. The number of ether oxygens (including phenoxy) is 3. The zero-order chi connectivity index (χ0) is 29.8. The molecule has 43 heavy (non-hydrogen) atoms. The van der Waals surface area contributed by atoms with Gasteiger partial charge in [0.05, 0.1) is 29.5 Å². The Hall–Kier alpha value is -4.87. The van der Waals surface area contributed by atoms with Crippen molar-refractivity contribution in [2.45, 2.75) is 18.2 Å². The van der Waals surface area contributed by atoms with Crippen LogP contribution in [-0.4, -0.2) is 64.7 Å². The van der Waals surface area contributed by atoms with Gasteiger partial charge < -0.3 is 30.2 Å². The van der Waals surface area contributed by atoms with E-state index in [9.17, 15) is 9.59 Å². The van der Waals surface area contributed by atoms with Crippen molar-refractivity contribution < 1.29 is 23.8 Å². The molecule has 0 bridgehead atoms. The second-order valence-electron chi connectivity index (χ2n) is 10.0. The van der Waals surface area contributed by atoms with Crippen molar-refractivity contribution >= 4 is 29.1 Å². The van der Waals surface area contributed by atoms with Crippen molar-refractivity contribution in [3.63, 3.8) is 0 Å². The number of hydrogen-bond acceptors (Lipinski definition) is 8. The molecule has 2 amide bonds. The molecule has 2 aromatic carbocycles. The van der Waals surface area contributed by atoms with E-state index >= 15 is 0 Å². The third-order valence-electron chi connectivity index (χ3n) is 7.37. The van der Waals surface area contributed by atoms with Gasteiger partial charge in [0, 0.05) is 43.2 Å². The number of rotatable bonds is 9. The number of hydrogen-bond donors (Lipinski definition) is 2. The first kappa shape index (κ1) is 28.3. The first-order valence-electron chi connectivity index (χ1n) is 13.7. The maximum Gasteiger partial charge on any atom is 0.352 e. The molecule has 12 heteroatoms. The van der Waals surface area contributed by atoms with Crippen molar-refractivity contribution in [1.82, 2.24) is 20.1 Å². The molecule has 220 valence electrons. The van der Waals surface area contributed by atoms with Crippen LogP contribution in [0.15, 0.2) is 91.6 Å². The fourth-order valence-electron chi connectivity index (χ4n) is 5.18. The number of amides is 2. The van der Waals surface area contributed by atoms with Crippen LogP contribution >= 0.6 is 11.6 Å². The summed E-state index contributed by atoms with van der Waals surface area (Å²) >= 11 is 6.69. The highest BCUT2D eigenvalue weighted by Crippen LogP contribution is 2.32. The summed E-state index contributed by atoms with van der Waals surface area (Å²) in [5.41, 5.74) is 9.15. The molecule has 2 aliphatic heterocycles. The van der Waals surface area contributed by atoms with E-state index in [1.165, 1.54) is 17.2 Å². The lowest BCUT2D eigenvalue weighted by Crippen LogP contribution is -2.61. The van der Waals surface area contributed by atoms with E-state index in [0.717, 1.165) is 29.9 Å². The quantitative estimate of drug-likeness (QED) is 0.298. The highest BCUT2D eigenvalue weighted by atomic mass is 35.5. The molecule has 1 fully saturated rings. The lowest BCUT2D eigenvalue weighted by atomic mass is 9.97. The largest absolute Gasteiger partial charge is 0.447 e.